The van der Waals surface area contributed by atoms with E-state index in [-0.39, 0.29) is 5.12 Å². The summed E-state index contributed by atoms with van der Waals surface area (Å²) in [5.41, 5.74) is 0. The molecule has 0 aliphatic heterocycles. The van der Waals surface area contributed by atoms with Gasteiger partial charge in [-0.2, -0.15) is 0 Å². The molecule has 0 aromatic heterocycles. The van der Waals surface area contributed by atoms with Crippen LogP contribution >= 0.6 is 12.6 Å². The molecular weight excluding hydrogens is 208 g/mol. The largest absolute Gasteiger partial charge is 0.500 e. The van der Waals surface area contributed by atoms with Crippen LogP contribution in [-0.2, 0) is 18.1 Å². The topological polar surface area (TPSA) is 44.8 Å². The first-order valence-corrected chi connectivity index (χ1v) is 6.35. The van der Waals surface area contributed by atoms with Crippen LogP contribution in [0.3, 0.4) is 0 Å². The van der Waals surface area contributed by atoms with Crippen molar-refractivity contribution in [3.63, 3.8) is 0 Å². The predicted molar refractivity (Wildman–Crippen MR) is 54.8 cm³/mol. The molecule has 0 saturated heterocycles. The van der Waals surface area contributed by atoms with Crippen molar-refractivity contribution in [1.82, 2.24) is 0 Å². The Labute approximate surface area is 85.3 Å². The third-order valence-corrected chi connectivity index (χ3v) is 4.86. The van der Waals surface area contributed by atoms with Crippen molar-refractivity contribution in [1.29, 1.82) is 0 Å². The van der Waals surface area contributed by atoms with E-state index in [2.05, 4.69) is 12.6 Å². The molecule has 0 saturated carbocycles. The van der Waals surface area contributed by atoms with Gasteiger partial charge in [0.1, 0.15) is 0 Å². The van der Waals surface area contributed by atoms with Crippen molar-refractivity contribution in [2.75, 3.05) is 21.3 Å². The summed E-state index contributed by atoms with van der Waals surface area (Å²) >= 11 is 3.67. The lowest BCUT2D eigenvalue weighted by Gasteiger charge is -2.23. The maximum absolute atomic E-state index is 10.6. The van der Waals surface area contributed by atoms with E-state index in [4.69, 9.17) is 13.3 Å². The summed E-state index contributed by atoms with van der Waals surface area (Å²) < 4.78 is 15.5. The minimum absolute atomic E-state index is 0.119. The molecular formula is C7H16O4SSi. The molecule has 0 bridgehead atoms. The fourth-order valence-corrected chi connectivity index (χ4v) is 2.89. The Hall–Kier alpha value is 0.117. The van der Waals surface area contributed by atoms with Gasteiger partial charge in [0.25, 0.3) is 0 Å². The molecule has 0 spiro atoms. The van der Waals surface area contributed by atoms with Crippen LogP contribution in [0.4, 0.5) is 0 Å². The Balaban J connectivity index is 3.88. The van der Waals surface area contributed by atoms with E-state index >= 15 is 0 Å². The maximum atomic E-state index is 10.6. The summed E-state index contributed by atoms with van der Waals surface area (Å²) in [5, 5.41) is -0.119. The van der Waals surface area contributed by atoms with Gasteiger partial charge in [0.05, 0.1) is 0 Å². The van der Waals surface area contributed by atoms with Gasteiger partial charge in [0.2, 0.25) is 0 Å². The lowest BCUT2D eigenvalue weighted by molar-refractivity contribution is -0.110. The molecule has 13 heavy (non-hydrogen) atoms. The Morgan fingerprint density at radius 3 is 2.00 bits per heavy atom. The third-order valence-electron chi connectivity index (χ3n) is 1.81. The standard InChI is InChI=1S/C7H16O4SSi/c1-9-13(10-2,11-3)6-4-5-7(8)12/h4-6H2,1-3H3,(H,8,12). The van der Waals surface area contributed by atoms with Crippen molar-refractivity contribution in [2.45, 2.75) is 18.9 Å². The van der Waals surface area contributed by atoms with Crippen LogP contribution in [0.5, 0.6) is 0 Å². The van der Waals surface area contributed by atoms with Crippen LogP contribution in [0.1, 0.15) is 12.8 Å². The Morgan fingerprint density at radius 2 is 1.69 bits per heavy atom. The van der Waals surface area contributed by atoms with Gasteiger partial charge in [0, 0.05) is 33.8 Å². The highest BCUT2D eigenvalue weighted by molar-refractivity contribution is 7.96. The fraction of sp³-hybridized carbons (Fsp3) is 0.857. The van der Waals surface area contributed by atoms with Crippen molar-refractivity contribution < 1.29 is 18.1 Å². The second-order valence-electron chi connectivity index (χ2n) is 2.54. The highest BCUT2D eigenvalue weighted by Gasteiger charge is 2.36. The monoisotopic (exact) mass is 224 g/mol. The van der Waals surface area contributed by atoms with E-state index in [0.717, 1.165) is 0 Å². The fourth-order valence-electron chi connectivity index (χ4n) is 1.01. The average Bonchev–Trinajstić information content (AvgIpc) is 2.13. The number of rotatable bonds is 7. The molecule has 0 atom stereocenters. The normalized spacial score (nSPS) is 11.7. The van der Waals surface area contributed by atoms with Crippen LogP contribution in [0.25, 0.3) is 0 Å². The van der Waals surface area contributed by atoms with Crippen LogP contribution in [0.15, 0.2) is 0 Å². The number of hydrogen-bond donors (Lipinski definition) is 1. The first-order chi connectivity index (χ1) is 6.10. The van der Waals surface area contributed by atoms with E-state index in [1.54, 1.807) is 21.3 Å². The molecule has 0 amide bonds. The average molecular weight is 224 g/mol. The Kier molecular flexibility index (Phi) is 6.61. The number of hydrogen-bond acceptors (Lipinski definition) is 4. The molecule has 0 radical (unpaired) electrons. The van der Waals surface area contributed by atoms with Gasteiger partial charge in [-0.1, -0.05) is 0 Å². The van der Waals surface area contributed by atoms with E-state index in [0.29, 0.717) is 18.9 Å². The first kappa shape index (κ1) is 13.1. The van der Waals surface area contributed by atoms with Crippen LogP contribution in [0.2, 0.25) is 6.04 Å². The number of thiol groups is 1. The summed E-state index contributed by atoms with van der Waals surface area (Å²) in [4.78, 5) is 10.6. The summed E-state index contributed by atoms with van der Waals surface area (Å²) in [7, 11) is 2.20. The molecule has 0 rings (SSSR count). The van der Waals surface area contributed by atoms with E-state index in [1.807, 2.05) is 0 Å². The molecule has 6 heteroatoms. The van der Waals surface area contributed by atoms with E-state index in [9.17, 15) is 4.79 Å². The summed E-state index contributed by atoms with van der Waals surface area (Å²) in [5.74, 6) is 0. The quantitative estimate of drug-likeness (QED) is 0.519. The predicted octanol–water partition coefficient (Wildman–Crippen LogP) is 1.10. The molecule has 78 valence electrons. The number of carbonyl (C=O) groups is 1. The molecule has 0 aliphatic carbocycles. The van der Waals surface area contributed by atoms with Gasteiger partial charge >= 0.3 is 8.80 Å². The molecule has 0 aromatic carbocycles. The lowest BCUT2D eigenvalue weighted by Crippen LogP contribution is -2.42. The Morgan fingerprint density at radius 1 is 1.23 bits per heavy atom. The highest BCUT2D eigenvalue weighted by Crippen LogP contribution is 2.16. The van der Waals surface area contributed by atoms with Crippen molar-refractivity contribution in [3.05, 3.63) is 0 Å². The zero-order chi connectivity index (χ0) is 10.3. The van der Waals surface area contributed by atoms with Gasteiger partial charge in [-0.15, -0.1) is 12.6 Å². The maximum Gasteiger partial charge on any atom is 0.500 e. The third kappa shape index (κ3) is 4.77. The van der Waals surface area contributed by atoms with Gasteiger partial charge < -0.3 is 13.3 Å². The summed E-state index contributed by atoms with van der Waals surface area (Å²) in [6.45, 7) is 0. The Bertz CT molecular complexity index is 152. The zero-order valence-corrected chi connectivity index (χ0v) is 10.1. The van der Waals surface area contributed by atoms with Gasteiger partial charge in [-0.05, 0) is 6.42 Å². The molecule has 0 fully saturated rings. The zero-order valence-electron chi connectivity index (χ0n) is 8.20. The first-order valence-electron chi connectivity index (χ1n) is 3.97. The SMILES string of the molecule is CO[Si](CCCC(=O)S)(OC)OC. The second kappa shape index (κ2) is 6.55. The molecule has 0 unspecified atom stereocenters. The highest BCUT2D eigenvalue weighted by atomic mass is 32.1. The minimum atomic E-state index is -2.47. The summed E-state index contributed by atoms with van der Waals surface area (Å²) in [6.07, 6.45) is 1.11. The summed E-state index contributed by atoms with van der Waals surface area (Å²) in [6, 6.07) is 0.642. The molecule has 4 nitrogen and oxygen atoms in total. The van der Waals surface area contributed by atoms with Crippen molar-refractivity contribution >= 4 is 26.5 Å². The second-order valence-corrected chi connectivity index (χ2v) is 6.13. The van der Waals surface area contributed by atoms with Gasteiger partial charge in [-0.3, -0.25) is 4.79 Å². The molecule has 0 heterocycles. The van der Waals surface area contributed by atoms with Crippen molar-refractivity contribution in [2.24, 2.45) is 0 Å². The van der Waals surface area contributed by atoms with Gasteiger partial charge in [-0.25, -0.2) is 0 Å². The molecule has 0 aliphatic rings. The minimum Gasteiger partial charge on any atom is -0.377 e. The van der Waals surface area contributed by atoms with Crippen molar-refractivity contribution in [3.8, 4) is 0 Å². The van der Waals surface area contributed by atoms with Gasteiger partial charge in [0.15, 0.2) is 5.12 Å². The number of carbonyl (C=O) groups excluding carboxylic acids is 1. The molecule has 0 N–H and O–H groups in total. The van der Waals surface area contributed by atoms with E-state index < -0.39 is 8.80 Å². The van der Waals surface area contributed by atoms with Crippen LogP contribution in [-0.4, -0.2) is 35.2 Å². The van der Waals surface area contributed by atoms with Crippen LogP contribution < -0.4 is 0 Å². The van der Waals surface area contributed by atoms with Crippen LogP contribution in [0, 0.1) is 0 Å². The van der Waals surface area contributed by atoms with E-state index in [1.165, 1.54) is 0 Å². The lowest BCUT2D eigenvalue weighted by atomic mass is 10.4. The molecule has 0 aromatic rings. The smallest absolute Gasteiger partial charge is 0.377 e.